The van der Waals surface area contributed by atoms with Gasteiger partial charge in [0, 0.05) is 12.3 Å². The molecule has 1 heterocycles. The first-order valence-corrected chi connectivity index (χ1v) is 2.69. The molecular formula is C7H6N2O. The summed E-state index contributed by atoms with van der Waals surface area (Å²) < 4.78 is 0. The summed E-state index contributed by atoms with van der Waals surface area (Å²) in [7, 11) is 0. The van der Waals surface area contributed by atoms with E-state index in [4.69, 9.17) is 12.2 Å². The minimum atomic E-state index is -0.223. The standard InChI is InChI=1S/C7H6N2O/c1-2-5-4-9-7(8)3-6(5)10/h1,3-4H,(H3,8,9,10). The highest BCUT2D eigenvalue weighted by Crippen LogP contribution is 1.90. The molecule has 3 nitrogen and oxygen atoms in total. The van der Waals surface area contributed by atoms with Gasteiger partial charge in [-0.15, -0.1) is 6.42 Å². The predicted molar refractivity (Wildman–Crippen MR) is 39.4 cm³/mol. The van der Waals surface area contributed by atoms with Crippen molar-refractivity contribution < 1.29 is 0 Å². The zero-order chi connectivity index (χ0) is 7.56. The lowest BCUT2D eigenvalue weighted by Crippen LogP contribution is -2.06. The Kier molecular flexibility index (Phi) is 1.46. The van der Waals surface area contributed by atoms with E-state index in [1.807, 2.05) is 0 Å². The Morgan fingerprint density at radius 2 is 2.40 bits per heavy atom. The molecule has 0 unspecified atom stereocenters. The van der Waals surface area contributed by atoms with Gasteiger partial charge >= 0.3 is 0 Å². The molecule has 50 valence electrons. The summed E-state index contributed by atoms with van der Waals surface area (Å²) in [5, 5.41) is 0. The number of hydrogen-bond donors (Lipinski definition) is 2. The Morgan fingerprint density at radius 3 is 2.90 bits per heavy atom. The van der Waals surface area contributed by atoms with Crippen molar-refractivity contribution in [3.63, 3.8) is 0 Å². The van der Waals surface area contributed by atoms with Gasteiger partial charge < -0.3 is 10.7 Å². The summed E-state index contributed by atoms with van der Waals surface area (Å²) in [6, 6.07) is 1.26. The van der Waals surface area contributed by atoms with Gasteiger partial charge in [0.25, 0.3) is 0 Å². The van der Waals surface area contributed by atoms with Crippen LogP contribution in [0.25, 0.3) is 0 Å². The minimum Gasteiger partial charge on any atom is -0.385 e. The fourth-order valence-corrected chi connectivity index (χ4v) is 0.600. The van der Waals surface area contributed by atoms with E-state index in [0.29, 0.717) is 11.4 Å². The molecule has 0 fully saturated rings. The molecule has 0 spiro atoms. The van der Waals surface area contributed by atoms with Crippen LogP contribution in [-0.2, 0) is 0 Å². The first-order valence-electron chi connectivity index (χ1n) is 2.69. The Balaban J connectivity index is 3.38. The highest BCUT2D eigenvalue weighted by atomic mass is 16.1. The Bertz CT molecular complexity index is 332. The summed E-state index contributed by atoms with van der Waals surface area (Å²) in [5.74, 6) is 2.55. The second kappa shape index (κ2) is 2.28. The number of H-pyrrole nitrogens is 1. The van der Waals surface area contributed by atoms with Crippen LogP contribution in [0.4, 0.5) is 5.82 Å². The average Bonchev–Trinajstić information content (AvgIpc) is 1.88. The molecule has 3 N–H and O–H groups in total. The van der Waals surface area contributed by atoms with Crippen LogP contribution >= 0.6 is 0 Å². The second-order valence-corrected chi connectivity index (χ2v) is 1.81. The van der Waals surface area contributed by atoms with Crippen molar-refractivity contribution in [3.8, 4) is 12.3 Å². The second-order valence-electron chi connectivity index (χ2n) is 1.81. The highest BCUT2D eigenvalue weighted by Gasteiger charge is 1.92. The molecule has 0 radical (unpaired) electrons. The van der Waals surface area contributed by atoms with Crippen LogP contribution in [0.15, 0.2) is 17.1 Å². The van der Waals surface area contributed by atoms with E-state index in [-0.39, 0.29) is 5.43 Å². The lowest BCUT2D eigenvalue weighted by Gasteiger charge is -1.90. The van der Waals surface area contributed by atoms with Crippen molar-refractivity contribution in [2.24, 2.45) is 0 Å². The van der Waals surface area contributed by atoms with Crippen molar-refractivity contribution in [1.82, 2.24) is 4.98 Å². The predicted octanol–water partition coefficient (Wildman–Crippen LogP) is -0.0616. The molecule has 0 saturated heterocycles. The lowest BCUT2D eigenvalue weighted by molar-refractivity contribution is 1.29. The topological polar surface area (TPSA) is 58.9 Å². The fourth-order valence-electron chi connectivity index (χ4n) is 0.600. The van der Waals surface area contributed by atoms with Crippen LogP contribution in [0.3, 0.4) is 0 Å². The molecule has 0 bridgehead atoms. The van der Waals surface area contributed by atoms with Gasteiger partial charge in [0.05, 0.1) is 5.56 Å². The van der Waals surface area contributed by atoms with Crippen LogP contribution in [0, 0.1) is 12.3 Å². The van der Waals surface area contributed by atoms with Crippen molar-refractivity contribution >= 4 is 5.82 Å². The summed E-state index contributed by atoms with van der Waals surface area (Å²) in [4.78, 5) is 13.5. The van der Waals surface area contributed by atoms with Crippen molar-refractivity contribution in [1.29, 1.82) is 0 Å². The van der Waals surface area contributed by atoms with E-state index in [0.717, 1.165) is 0 Å². The lowest BCUT2D eigenvalue weighted by atomic mass is 10.3. The minimum absolute atomic E-state index is 0.223. The van der Waals surface area contributed by atoms with Crippen LogP contribution in [-0.4, -0.2) is 4.98 Å². The third kappa shape index (κ3) is 1.00. The third-order valence-corrected chi connectivity index (χ3v) is 1.09. The molecule has 1 aromatic heterocycles. The van der Waals surface area contributed by atoms with Crippen molar-refractivity contribution in [2.45, 2.75) is 0 Å². The van der Waals surface area contributed by atoms with Gasteiger partial charge in [-0.05, 0) is 0 Å². The first-order chi connectivity index (χ1) is 4.74. The van der Waals surface area contributed by atoms with E-state index in [1.54, 1.807) is 0 Å². The molecule has 0 saturated carbocycles. The Morgan fingerprint density at radius 1 is 1.70 bits per heavy atom. The molecule has 0 atom stereocenters. The molecule has 3 heteroatoms. The zero-order valence-corrected chi connectivity index (χ0v) is 5.22. The number of nitrogens with one attached hydrogen (secondary N) is 1. The van der Waals surface area contributed by atoms with Crippen LogP contribution in [0.1, 0.15) is 5.56 Å². The van der Waals surface area contributed by atoms with Gasteiger partial charge in [-0.2, -0.15) is 0 Å². The van der Waals surface area contributed by atoms with Crippen LogP contribution < -0.4 is 11.2 Å². The summed E-state index contributed by atoms with van der Waals surface area (Å²) >= 11 is 0. The number of nitrogen functional groups attached to an aromatic ring is 1. The van der Waals surface area contributed by atoms with Gasteiger partial charge in [0.15, 0.2) is 5.43 Å². The zero-order valence-electron chi connectivity index (χ0n) is 5.22. The number of hydrogen-bond acceptors (Lipinski definition) is 2. The van der Waals surface area contributed by atoms with Gasteiger partial charge in [-0.1, -0.05) is 5.92 Å². The van der Waals surface area contributed by atoms with E-state index in [9.17, 15) is 4.79 Å². The quantitative estimate of drug-likeness (QED) is 0.488. The van der Waals surface area contributed by atoms with E-state index < -0.39 is 0 Å². The number of nitrogens with two attached hydrogens (primary N) is 1. The molecule has 1 rings (SSSR count). The maximum Gasteiger partial charge on any atom is 0.199 e. The first kappa shape index (κ1) is 6.43. The van der Waals surface area contributed by atoms with Gasteiger partial charge in [0.1, 0.15) is 5.82 Å². The van der Waals surface area contributed by atoms with Crippen molar-refractivity contribution in [3.05, 3.63) is 28.0 Å². The maximum absolute atomic E-state index is 10.8. The summed E-state index contributed by atoms with van der Waals surface area (Å²) in [6.07, 6.45) is 6.40. The number of pyridine rings is 1. The molecule has 0 aliphatic heterocycles. The molecule has 0 aromatic carbocycles. The largest absolute Gasteiger partial charge is 0.385 e. The monoisotopic (exact) mass is 134 g/mol. The summed E-state index contributed by atoms with van der Waals surface area (Å²) in [6.45, 7) is 0. The Hall–Kier alpha value is -1.69. The third-order valence-electron chi connectivity index (χ3n) is 1.09. The Labute approximate surface area is 57.9 Å². The maximum atomic E-state index is 10.8. The van der Waals surface area contributed by atoms with E-state index in [2.05, 4.69) is 10.9 Å². The molecule has 1 aromatic rings. The van der Waals surface area contributed by atoms with E-state index >= 15 is 0 Å². The molecule has 0 aliphatic carbocycles. The number of terminal acetylenes is 1. The van der Waals surface area contributed by atoms with Crippen LogP contribution in [0.2, 0.25) is 0 Å². The fraction of sp³-hybridized carbons (Fsp3) is 0. The van der Waals surface area contributed by atoms with Gasteiger partial charge in [-0.3, -0.25) is 4.79 Å². The number of aromatic amines is 1. The smallest absolute Gasteiger partial charge is 0.199 e. The molecule has 10 heavy (non-hydrogen) atoms. The molecule has 0 amide bonds. The highest BCUT2D eigenvalue weighted by molar-refractivity contribution is 5.36. The number of anilines is 1. The number of aromatic nitrogens is 1. The van der Waals surface area contributed by atoms with Gasteiger partial charge in [0.2, 0.25) is 0 Å². The summed E-state index contributed by atoms with van der Waals surface area (Å²) in [5.41, 5.74) is 5.33. The SMILES string of the molecule is C#Cc1c[nH]c(N)cc1=O. The van der Waals surface area contributed by atoms with Gasteiger partial charge in [-0.25, -0.2) is 0 Å². The van der Waals surface area contributed by atoms with Crippen LogP contribution in [0.5, 0.6) is 0 Å². The molecule has 0 aliphatic rings. The average molecular weight is 134 g/mol. The van der Waals surface area contributed by atoms with Crippen molar-refractivity contribution in [2.75, 3.05) is 5.73 Å². The molecular weight excluding hydrogens is 128 g/mol. The number of rotatable bonds is 0. The van der Waals surface area contributed by atoms with E-state index in [1.165, 1.54) is 12.3 Å². The normalized spacial score (nSPS) is 8.70.